The molecule has 0 saturated carbocycles. The molecule has 1 aromatic carbocycles. The minimum absolute atomic E-state index is 0.543. The van der Waals surface area contributed by atoms with Crippen LogP contribution in [0.5, 0.6) is 0 Å². The first-order chi connectivity index (χ1) is 10.1. The van der Waals surface area contributed by atoms with Crippen molar-refractivity contribution in [1.29, 1.82) is 0 Å². The van der Waals surface area contributed by atoms with Crippen LogP contribution in [0.3, 0.4) is 0 Å². The molecule has 0 atom stereocenters. The van der Waals surface area contributed by atoms with Gasteiger partial charge in [0.2, 0.25) is 0 Å². The number of nitrogens with zero attached hydrogens (tertiary/aromatic N) is 2. The molecule has 1 heterocycles. The molecule has 0 bridgehead atoms. The van der Waals surface area contributed by atoms with Gasteiger partial charge in [0.25, 0.3) is 0 Å². The Morgan fingerprint density at radius 3 is 2.33 bits per heavy atom. The zero-order valence-electron chi connectivity index (χ0n) is 13.0. The Morgan fingerprint density at radius 1 is 1.10 bits per heavy atom. The molecular formula is C16H22N4S. The van der Waals surface area contributed by atoms with Crippen molar-refractivity contribution >= 4 is 29.1 Å². The first-order valence-electron chi connectivity index (χ1n) is 7.16. The molecule has 0 aliphatic heterocycles. The van der Waals surface area contributed by atoms with Crippen LogP contribution in [0, 0.1) is 0 Å². The van der Waals surface area contributed by atoms with Gasteiger partial charge in [-0.05, 0) is 36.8 Å². The van der Waals surface area contributed by atoms with Crippen LogP contribution in [0.1, 0.15) is 32.3 Å². The number of thioether (sulfide) groups is 1. The number of hydrogen-bond donors (Lipinski definition) is 2. The van der Waals surface area contributed by atoms with E-state index >= 15 is 0 Å². The summed E-state index contributed by atoms with van der Waals surface area (Å²) in [5.41, 5.74) is 2.37. The van der Waals surface area contributed by atoms with Crippen molar-refractivity contribution in [3.63, 3.8) is 0 Å². The molecule has 4 nitrogen and oxygen atoms in total. The minimum atomic E-state index is 0.543. The SMILES string of the molecule is CCNc1cc(Nc2ccc(C(C)C)cc2)nc(SC)n1. The molecule has 2 rings (SSSR count). The zero-order chi connectivity index (χ0) is 15.2. The fourth-order valence-corrected chi connectivity index (χ4v) is 2.33. The molecule has 0 amide bonds. The van der Waals surface area contributed by atoms with Crippen LogP contribution in [0.15, 0.2) is 35.5 Å². The molecule has 0 fully saturated rings. The Kier molecular flexibility index (Phi) is 5.44. The third-order valence-electron chi connectivity index (χ3n) is 3.10. The Labute approximate surface area is 130 Å². The number of benzene rings is 1. The number of aromatic nitrogens is 2. The van der Waals surface area contributed by atoms with Gasteiger partial charge in [-0.15, -0.1) is 0 Å². The average Bonchev–Trinajstić information content (AvgIpc) is 2.48. The van der Waals surface area contributed by atoms with Gasteiger partial charge in [-0.25, -0.2) is 9.97 Å². The second-order valence-electron chi connectivity index (χ2n) is 5.06. The second kappa shape index (κ2) is 7.31. The fourth-order valence-electron chi connectivity index (χ4n) is 1.95. The molecule has 0 spiro atoms. The summed E-state index contributed by atoms with van der Waals surface area (Å²) < 4.78 is 0. The van der Waals surface area contributed by atoms with E-state index in [4.69, 9.17) is 0 Å². The molecule has 0 radical (unpaired) electrons. The van der Waals surface area contributed by atoms with E-state index in [-0.39, 0.29) is 0 Å². The highest BCUT2D eigenvalue weighted by atomic mass is 32.2. The fraction of sp³-hybridized carbons (Fsp3) is 0.375. The molecular weight excluding hydrogens is 280 g/mol. The molecule has 0 saturated heterocycles. The third kappa shape index (κ3) is 4.36. The van der Waals surface area contributed by atoms with Gasteiger partial charge >= 0.3 is 0 Å². The van der Waals surface area contributed by atoms with Gasteiger partial charge in [-0.3, -0.25) is 0 Å². The molecule has 2 N–H and O–H groups in total. The lowest BCUT2D eigenvalue weighted by atomic mass is 10.0. The average molecular weight is 302 g/mol. The molecule has 5 heteroatoms. The normalized spacial score (nSPS) is 10.7. The van der Waals surface area contributed by atoms with Crippen LogP contribution in [-0.4, -0.2) is 22.8 Å². The van der Waals surface area contributed by atoms with Crippen LogP contribution in [0.2, 0.25) is 0 Å². The lowest BCUT2D eigenvalue weighted by Gasteiger charge is -2.11. The highest BCUT2D eigenvalue weighted by Crippen LogP contribution is 2.22. The Hall–Kier alpha value is -1.75. The second-order valence-corrected chi connectivity index (χ2v) is 5.83. The topological polar surface area (TPSA) is 49.8 Å². The summed E-state index contributed by atoms with van der Waals surface area (Å²) >= 11 is 1.54. The number of rotatable bonds is 6. The minimum Gasteiger partial charge on any atom is -0.370 e. The number of nitrogens with one attached hydrogen (secondary N) is 2. The highest BCUT2D eigenvalue weighted by Gasteiger charge is 2.05. The summed E-state index contributed by atoms with van der Waals surface area (Å²) in [6.45, 7) is 7.28. The Balaban J connectivity index is 2.19. The summed E-state index contributed by atoms with van der Waals surface area (Å²) in [7, 11) is 0. The molecule has 0 aliphatic carbocycles. The zero-order valence-corrected chi connectivity index (χ0v) is 13.8. The Bertz CT molecular complexity index is 581. The molecule has 112 valence electrons. The van der Waals surface area contributed by atoms with Gasteiger partial charge in [0.1, 0.15) is 11.6 Å². The first kappa shape index (κ1) is 15.6. The largest absolute Gasteiger partial charge is 0.370 e. The lowest BCUT2D eigenvalue weighted by molar-refractivity contribution is 0.867. The van der Waals surface area contributed by atoms with Crippen molar-refractivity contribution < 1.29 is 0 Å². The van der Waals surface area contributed by atoms with Gasteiger partial charge in [0, 0.05) is 18.3 Å². The van der Waals surface area contributed by atoms with E-state index in [0.717, 1.165) is 29.0 Å². The smallest absolute Gasteiger partial charge is 0.191 e. The van der Waals surface area contributed by atoms with Crippen LogP contribution in [0.25, 0.3) is 0 Å². The van der Waals surface area contributed by atoms with Crippen molar-refractivity contribution in [3.05, 3.63) is 35.9 Å². The highest BCUT2D eigenvalue weighted by molar-refractivity contribution is 7.98. The van der Waals surface area contributed by atoms with Gasteiger partial charge in [-0.1, -0.05) is 37.7 Å². The Morgan fingerprint density at radius 2 is 1.76 bits per heavy atom. The van der Waals surface area contributed by atoms with Crippen LogP contribution in [-0.2, 0) is 0 Å². The van der Waals surface area contributed by atoms with E-state index < -0.39 is 0 Å². The third-order valence-corrected chi connectivity index (χ3v) is 3.64. The van der Waals surface area contributed by atoms with E-state index in [9.17, 15) is 0 Å². The predicted molar refractivity (Wildman–Crippen MR) is 91.8 cm³/mol. The van der Waals surface area contributed by atoms with E-state index in [1.54, 1.807) is 0 Å². The molecule has 21 heavy (non-hydrogen) atoms. The van der Waals surface area contributed by atoms with E-state index in [1.165, 1.54) is 17.3 Å². The van der Waals surface area contributed by atoms with Crippen molar-refractivity contribution in [2.45, 2.75) is 31.8 Å². The maximum atomic E-state index is 4.49. The van der Waals surface area contributed by atoms with E-state index in [2.05, 4.69) is 65.6 Å². The summed E-state index contributed by atoms with van der Waals surface area (Å²) in [5.74, 6) is 2.20. The summed E-state index contributed by atoms with van der Waals surface area (Å²) in [5, 5.41) is 7.33. The number of anilines is 3. The predicted octanol–water partition coefficient (Wildman–Crippen LogP) is 4.50. The van der Waals surface area contributed by atoms with E-state index in [1.807, 2.05) is 12.3 Å². The quantitative estimate of drug-likeness (QED) is 0.608. The summed E-state index contributed by atoms with van der Waals surface area (Å²) in [4.78, 5) is 8.91. The maximum Gasteiger partial charge on any atom is 0.191 e. The van der Waals surface area contributed by atoms with Gasteiger partial charge in [0.15, 0.2) is 5.16 Å². The summed E-state index contributed by atoms with van der Waals surface area (Å²) in [6, 6.07) is 10.4. The van der Waals surface area contributed by atoms with Crippen LogP contribution < -0.4 is 10.6 Å². The molecule has 0 aliphatic rings. The van der Waals surface area contributed by atoms with Gasteiger partial charge in [0.05, 0.1) is 0 Å². The van der Waals surface area contributed by atoms with Crippen LogP contribution in [0.4, 0.5) is 17.3 Å². The van der Waals surface area contributed by atoms with Crippen molar-refractivity contribution in [2.75, 3.05) is 23.4 Å². The monoisotopic (exact) mass is 302 g/mol. The molecule has 0 unspecified atom stereocenters. The maximum absolute atomic E-state index is 4.49. The standard InChI is InChI=1S/C16H22N4S/c1-5-17-14-10-15(20-16(19-14)21-4)18-13-8-6-12(7-9-13)11(2)3/h6-11H,5H2,1-4H3,(H2,17,18,19,20). The van der Waals surface area contributed by atoms with Crippen LogP contribution >= 0.6 is 11.8 Å². The molecule has 2 aromatic rings. The van der Waals surface area contributed by atoms with Crippen molar-refractivity contribution in [3.8, 4) is 0 Å². The van der Waals surface area contributed by atoms with Gasteiger partial charge in [-0.2, -0.15) is 0 Å². The first-order valence-corrected chi connectivity index (χ1v) is 8.38. The van der Waals surface area contributed by atoms with Crippen molar-refractivity contribution in [1.82, 2.24) is 9.97 Å². The lowest BCUT2D eigenvalue weighted by Crippen LogP contribution is -2.03. The molecule has 1 aromatic heterocycles. The van der Waals surface area contributed by atoms with Crippen molar-refractivity contribution in [2.24, 2.45) is 0 Å². The van der Waals surface area contributed by atoms with E-state index in [0.29, 0.717) is 5.92 Å². The number of hydrogen-bond acceptors (Lipinski definition) is 5. The van der Waals surface area contributed by atoms with Gasteiger partial charge < -0.3 is 10.6 Å². The summed E-state index contributed by atoms with van der Waals surface area (Å²) in [6.07, 6.45) is 1.98.